The zero-order valence-corrected chi connectivity index (χ0v) is 11.4. The van der Waals surface area contributed by atoms with Gasteiger partial charge in [-0.15, -0.1) is 0 Å². The minimum atomic E-state index is -4.47. The Bertz CT molecular complexity index is 531. The Labute approximate surface area is 120 Å². The highest BCUT2D eigenvalue weighted by atomic mass is 19.4. The number of hydrogen-bond donors (Lipinski definition) is 3. The number of hydrogen-bond acceptors (Lipinski definition) is 3. The highest BCUT2D eigenvalue weighted by molar-refractivity contribution is 5.94. The van der Waals surface area contributed by atoms with Gasteiger partial charge in [-0.3, -0.25) is 4.79 Å². The van der Waals surface area contributed by atoms with Crippen LogP contribution >= 0.6 is 0 Å². The quantitative estimate of drug-likeness (QED) is 0.751. The maximum absolute atomic E-state index is 12.6. The molecule has 0 unspecified atom stereocenters. The first-order valence-electron chi connectivity index (χ1n) is 6.79. The fraction of sp³-hybridized carbons (Fsp3) is 0.500. The van der Waals surface area contributed by atoms with Crippen LogP contribution in [0.15, 0.2) is 18.2 Å². The van der Waals surface area contributed by atoms with Crippen molar-refractivity contribution in [3.8, 4) is 0 Å². The summed E-state index contributed by atoms with van der Waals surface area (Å²) in [6.45, 7) is 0. The Morgan fingerprint density at radius 3 is 2.62 bits per heavy atom. The van der Waals surface area contributed by atoms with Crippen molar-refractivity contribution in [2.45, 2.75) is 37.9 Å². The van der Waals surface area contributed by atoms with E-state index in [1.54, 1.807) is 0 Å². The summed E-state index contributed by atoms with van der Waals surface area (Å²) in [4.78, 5) is 11.9. The third-order valence-corrected chi connectivity index (χ3v) is 3.82. The number of benzene rings is 1. The number of carbonyl (C=O) groups is 1. The number of carbonyl (C=O) groups excluding carboxylic acids is 1. The fourth-order valence-corrected chi connectivity index (χ4v) is 2.60. The van der Waals surface area contributed by atoms with Gasteiger partial charge in [-0.05, 0) is 37.0 Å². The van der Waals surface area contributed by atoms with Gasteiger partial charge < -0.3 is 16.8 Å². The molecule has 0 heterocycles. The van der Waals surface area contributed by atoms with Crippen molar-refractivity contribution in [2.75, 3.05) is 11.1 Å². The van der Waals surface area contributed by atoms with Crippen molar-refractivity contribution in [3.05, 3.63) is 23.8 Å². The van der Waals surface area contributed by atoms with Crippen LogP contribution in [-0.4, -0.2) is 11.9 Å². The van der Waals surface area contributed by atoms with Crippen LogP contribution in [0.5, 0.6) is 0 Å². The highest BCUT2D eigenvalue weighted by Gasteiger charge is 2.31. The summed E-state index contributed by atoms with van der Waals surface area (Å²) in [5, 5.41) is 2.45. The summed E-state index contributed by atoms with van der Waals surface area (Å²) in [5.41, 5.74) is 10.7. The number of alkyl halides is 3. The smallest absolute Gasteiger partial charge is 0.397 e. The predicted octanol–water partition coefficient (Wildman–Crippen LogP) is 2.74. The van der Waals surface area contributed by atoms with E-state index in [4.69, 9.17) is 11.5 Å². The zero-order valence-electron chi connectivity index (χ0n) is 11.4. The minimum Gasteiger partial charge on any atom is -0.397 e. The lowest BCUT2D eigenvalue weighted by Gasteiger charge is -2.16. The first-order chi connectivity index (χ1) is 9.77. The Balaban J connectivity index is 2.06. The number of nitrogens with one attached hydrogen (secondary N) is 1. The fourth-order valence-electron chi connectivity index (χ4n) is 2.60. The second-order valence-corrected chi connectivity index (χ2v) is 5.41. The number of rotatable bonds is 3. The van der Waals surface area contributed by atoms with Crippen molar-refractivity contribution in [1.29, 1.82) is 0 Å². The predicted molar refractivity (Wildman–Crippen MR) is 74.4 cm³/mol. The van der Waals surface area contributed by atoms with E-state index in [0.29, 0.717) is 0 Å². The number of halogens is 3. The molecule has 1 amide bonds. The lowest BCUT2D eigenvalue weighted by Crippen LogP contribution is -2.28. The van der Waals surface area contributed by atoms with Crippen molar-refractivity contribution in [1.82, 2.24) is 0 Å². The number of amides is 1. The SMILES string of the molecule is Nc1ccc(C(F)(F)F)cc1NC(=O)C[C@@H]1CCC[C@H]1N. The molecule has 1 fully saturated rings. The molecule has 1 aliphatic rings. The van der Waals surface area contributed by atoms with Crippen LogP contribution in [0.2, 0.25) is 0 Å². The van der Waals surface area contributed by atoms with Gasteiger partial charge in [-0.2, -0.15) is 13.2 Å². The molecular formula is C14H18F3N3O. The summed E-state index contributed by atoms with van der Waals surface area (Å²) in [6, 6.07) is 2.86. The average molecular weight is 301 g/mol. The van der Waals surface area contributed by atoms with Gasteiger partial charge in [-0.1, -0.05) is 6.42 Å². The van der Waals surface area contributed by atoms with Gasteiger partial charge in [0, 0.05) is 12.5 Å². The summed E-state index contributed by atoms with van der Waals surface area (Å²) in [6.07, 6.45) is -1.54. The van der Waals surface area contributed by atoms with E-state index in [0.717, 1.165) is 37.5 Å². The number of nitrogens with two attached hydrogens (primary N) is 2. The number of anilines is 2. The largest absolute Gasteiger partial charge is 0.416 e. The molecule has 2 rings (SSSR count). The van der Waals surface area contributed by atoms with E-state index in [2.05, 4.69) is 5.32 Å². The second-order valence-electron chi connectivity index (χ2n) is 5.41. The van der Waals surface area contributed by atoms with Crippen LogP contribution in [0.3, 0.4) is 0 Å². The molecule has 1 saturated carbocycles. The van der Waals surface area contributed by atoms with Gasteiger partial charge in [0.05, 0.1) is 16.9 Å². The molecule has 0 bridgehead atoms. The summed E-state index contributed by atoms with van der Waals surface area (Å²) in [7, 11) is 0. The molecule has 1 aliphatic carbocycles. The molecule has 7 heteroatoms. The van der Waals surface area contributed by atoms with Crippen molar-refractivity contribution in [3.63, 3.8) is 0 Å². The standard InChI is InChI=1S/C14H18F3N3O/c15-14(16,17)9-4-5-11(19)12(7-9)20-13(21)6-8-2-1-3-10(8)18/h4-5,7-8,10H,1-3,6,18-19H2,(H,20,21)/t8-,10+/m0/s1. The van der Waals surface area contributed by atoms with E-state index in [1.807, 2.05) is 0 Å². The minimum absolute atomic E-state index is 0.0126. The molecule has 0 radical (unpaired) electrons. The lowest BCUT2D eigenvalue weighted by atomic mass is 10.00. The number of nitrogen functional groups attached to an aromatic ring is 1. The Morgan fingerprint density at radius 1 is 1.33 bits per heavy atom. The molecule has 1 aromatic rings. The maximum atomic E-state index is 12.6. The molecular weight excluding hydrogens is 283 g/mol. The molecule has 1 aromatic carbocycles. The van der Waals surface area contributed by atoms with E-state index < -0.39 is 11.7 Å². The van der Waals surface area contributed by atoms with E-state index in [9.17, 15) is 18.0 Å². The zero-order chi connectivity index (χ0) is 15.6. The molecule has 5 N–H and O–H groups in total. The average Bonchev–Trinajstić information content (AvgIpc) is 2.76. The Kier molecular flexibility index (Phi) is 4.41. The van der Waals surface area contributed by atoms with E-state index in [1.165, 1.54) is 0 Å². The first kappa shape index (κ1) is 15.6. The summed E-state index contributed by atoms with van der Waals surface area (Å²) < 4.78 is 37.9. The molecule has 0 aromatic heterocycles. The molecule has 0 saturated heterocycles. The molecule has 4 nitrogen and oxygen atoms in total. The molecule has 21 heavy (non-hydrogen) atoms. The highest BCUT2D eigenvalue weighted by Crippen LogP contribution is 2.33. The van der Waals surface area contributed by atoms with Crippen LogP contribution in [0.1, 0.15) is 31.2 Å². The van der Waals surface area contributed by atoms with Crippen molar-refractivity contribution in [2.24, 2.45) is 11.7 Å². The van der Waals surface area contributed by atoms with Gasteiger partial charge in [-0.25, -0.2) is 0 Å². The van der Waals surface area contributed by atoms with E-state index >= 15 is 0 Å². The van der Waals surface area contributed by atoms with Crippen LogP contribution in [-0.2, 0) is 11.0 Å². The van der Waals surface area contributed by atoms with Crippen molar-refractivity contribution >= 4 is 17.3 Å². The molecule has 2 atom stereocenters. The maximum Gasteiger partial charge on any atom is 0.416 e. The second kappa shape index (κ2) is 5.93. The van der Waals surface area contributed by atoms with Crippen LogP contribution in [0, 0.1) is 5.92 Å². The summed E-state index contributed by atoms with van der Waals surface area (Å²) >= 11 is 0. The monoisotopic (exact) mass is 301 g/mol. The van der Waals surface area contributed by atoms with Gasteiger partial charge in [0.1, 0.15) is 0 Å². The van der Waals surface area contributed by atoms with Crippen LogP contribution in [0.4, 0.5) is 24.5 Å². The lowest BCUT2D eigenvalue weighted by molar-refractivity contribution is -0.137. The third-order valence-electron chi connectivity index (χ3n) is 3.82. The Hall–Kier alpha value is -1.76. The van der Waals surface area contributed by atoms with Crippen molar-refractivity contribution < 1.29 is 18.0 Å². The normalized spacial score (nSPS) is 22.3. The summed E-state index contributed by atoms with van der Waals surface area (Å²) in [5.74, 6) is -0.277. The first-order valence-corrected chi connectivity index (χ1v) is 6.79. The van der Waals surface area contributed by atoms with E-state index in [-0.39, 0.29) is 35.7 Å². The van der Waals surface area contributed by atoms with Crippen LogP contribution < -0.4 is 16.8 Å². The molecule has 0 aliphatic heterocycles. The molecule has 0 spiro atoms. The Morgan fingerprint density at radius 2 is 2.05 bits per heavy atom. The van der Waals surface area contributed by atoms with Gasteiger partial charge in [0.15, 0.2) is 0 Å². The van der Waals surface area contributed by atoms with Gasteiger partial charge in [0.2, 0.25) is 5.91 Å². The van der Waals surface area contributed by atoms with Crippen LogP contribution in [0.25, 0.3) is 0 Å². The molecule has 116 valence electrons. The topological polar surface area (TPSA) is 81.1 Å². The van der Waals surface area contributed by atoms with Gasteiger partial charge in [0.25, 0.3) is 0 Å². The third kappa shape index (κ3) is 3.87. The van der Waals surface area contributed by atoms with Gasteiger partial charge >= 0.3 is 6.18 Å².